The predicted molar refractivity (Wildman–Crippen MR) is 68.5 cm³/mol. The molecule has 0 spiro atoms. The normalized spacial score (nSPS) is 10.9. The van der Waals surface area contributed by atoms with Crippen molar-refractivity contribution in [3.05, 3.63) is 47.5 Å². The summed E-state index contributed by atoms with van der Waals surface area (Å²) in [6.45, 7) is 0. The molecule has 92 valence electrons. The highest BCUT2D eigenvalue weighted by atomic mass is 16.3. The third-order valence-electron chi connectivity index (χ3n) is 2.39. The fourth-order valence-corrected chi connectivity index (χ4v) is 1.58. The summed E-state index contributed by atoms with van der Waals surface area (Å²) in [5.41, 5.74) is 1.02. The molecule has 0 saturated heterocycles. The van der Waals surface area contributed by atoms with Gasteiger partial charge in [0.1, 0.15) is 23.0 Å². The summed E-state index contributed by atoms with van der Waals surface area (Å²) in [5, 5.41) is 37.5. The minimum atomic E-state index is -0.0465. The Kier molecular flexibility index (Phi) is 3.10. The Hall–Kier alpha value is -2.62. The molecule has 0 atom stereocenters. The number of hydrogen-bond donors (Lipinski definition) is 4. The first-order chi connectivity index (χ1) is 8.54. The summed E-state index contributed by atoms with van der Waals surface area (Å²) in [5.74, 6) is -0.0100. The Bertz CT molecular complexity index is 582. The molecule has 0 aliphatic heterocycles. The van der Waals surface area contributed by atoms with Crippen molar-refractivity contribution >= 4 is 12.2 Å². The Labute approximate surface area is 104 Å². The van der Waals surface area contributed by atoms with Crippen LogP contribution >= 0.6 is 0 Å². The molecule has 4 N–H and O–H groups in total. The van der Waals surface area contributed by atoms with E-state index in [0.717, 1.165) is 0 Å². The van der Waals surface area contributed by atoms with E-state index >= 15 is 0 Å². The fraction of sp³-hybridized carbons (Fsp3) is 0. The van der Waals surface area contributed by atoms with Crippen molar-refractivity contribution in [2.24, 2.45) is 0 Å². The molecule has 2 rings (SSSR count). The zero-order chi connectivity index (χ0) is 13.1. The van der Waals surface area contributed by atoms with Gasteiger partial charge in [0.25, 0.3) is 0 Å². The first-order valence-electron chi connectivity index (χ1n) is 5.28. The summed E-state index contributed by atoms with van der Waals surface area (Å²) in [7, 11) is 0. The van der Waals surface area contributed by atoms with E-state index in [-0.39, 0.29) is 23.0 Å². The molecule has 2 aromatic rings. The quantitative estimate of drug-likeness (QED) is 0.483. The van der Waals surface area contributed by atoms with Gasteiger partial charge < -0.3 is 20.4 Å². The zero-order valence-corrected chi connectivity index (χ0v) is 9.41. The van der Waals surface area contributed by atoms with Crippen LogP contribution in [0.25, 0.3) is 12.2 Å². The standard InChI is InChI=1S/C14H12O4/c15-11-3-4-14(18)10(7-11)2-1-9-5-12(16)8-13(17)6-9/h1-8,15-18H/b2-1+. The van der Waals surface area contributed by atoms with Crippen molar-refractivity contribution in [2.45, 2.75) is 0 Å². The maximum absolute atomic E-state index is 9.56. The first kappa shape index (κ1) is 11.9. The molecule has 0 unspecified atom stereocenters. The average Bonchev–Trinajstić information content (AvgIpc) is 2.29. The summed E-state index contributed by atoms with van der Waals surface area (Å²) < 4.78 is 0. The van der Waals surface area contributed by atoms with Crippen molar-refractivity contribution in [3.8, 4) is 23.0 Å². The van der Waals surface area contributed by atoms with Crippen LogP contribution in [0.15, 0.2) is 36.4 Å². The van der Waals surface area contributed by atoms with Crippen molar-refractivity contribution in [1.29, 1.82) is 0 Å². The third-order valence-corrected chi connectivity index (χ3v) is 2.39. The lowest BCUT2D eigenvalue weighted by molar-refractivity contribution is 0.450. The molecule has 0 heterocycles. The lowest BCUT2D eigenvalue weighted by atomic mass is 10.1. The van der Waals surface area contributed by atoms with E-state index in [2.05, 4.69) is 0 Å². The smallest absolute Gasteiger partial charge is 0.123 e. The lowest BCUT2D eigenvalue weighted by Crippen LogP contribution is -1.76. The minimum Gasteiger partial charge on any atom is -0.508 e. The van der Waals surface area contributed by atoms with Crippen LogP contribution in [-0.2, 0) is 0 Å². The summed E-state index contributed by atoms with van der Waals surface area (Å²) in [6, 6.07) is 8.34. The monoisotopic (exact) mass is 244 g/mol. The van der Waals surface area contributed by atoms with Crippen LogP contribution in [0, 0.1) is 0 Å². The molecule has 0 aliphatic rings. The van der Waals surface area contributed by atoms with Gasteiger partial charge in [0.15, 0.2) is 0 Å². The molecule has 0 aliphatic carbocycles. The van der Waals surface area contributed by atoms with Crippen molar-refractivity contribution in [2.75, 3.05) is 0 Å². The van der Waals surface area contributed by atoms with Crippen molar-refractivity contribution in [3.63, 3.8) is 0 Å². The minimum absolute atomic E-state index is 0.0356. The van der Waals surface area contributed by atoms with Gasteiger partial charge in [0.2, 0.25) is 0 Å². The second-order valence-electron chi connectivity index (χ2n) is 3.86. The molecule has 0 aromatic heterocycles. The molecule has 0 amide bonds. The van der Waals surface area contributed by atoms with Crippen LogP contribution in [-0.4, -0.2) is 20.4 Å². The van der Waals surface area contributed by atoms with Gasteiger partial charge in [-0.1, -0.05) is 12.2 Å². The zero-order valence-electron chi connectivity index (χ0n) is 9.41. The van der Waals surface area contributed by atoms with Crippen molar-refractivity contribution < 1.29 is 20.4 Å². The average molecular weight is 244 g/mol. The first-order valence-corrected chi connectivity index (χ1v) is 5.28. The van der Waals surface area contributed by atoms with E-state index in [1.165, 1.54) is 36.4 Å². The van der Waals surface area contributed by atoms with Gasteiger partial charge in [0, 0.05) is 11.6 Å². The number of rotatable bonds is 2. The molecule has 4 heteroatoms. The molecule has 0 radical (unpaired) electrons. The van der Waals surface area contributed by atoms with Gasteiger partial charge in [0.05, 0.1) is 0 Å². The molecular weight excluding hydrogens is 232 g/mol. The van der Waals surface area contributed by atoms with Crippen LogP contribution in [0.4, 0.5) is 0 Å². The Morgan fingerprint density at radius 2 is 1.33 bits per heavy atom. The van der Waals surface area contributed by atoms with Gasteiger partial charge in [-0.15, -0.1) is 0 Å². The second kappa shape index (κ2) is 4.71. The van der Waals surface area contributed by atoms with E-state index in [1.54, 1.807) is 12.2 Å². The maximum atomic E-state index is 9.56. The number of phenols is 4. The molecule has 18 heavy (non-hydrogen) atoms. The van der Waals surface area contributed by atoms with E-state index in [0.29, 0.717) is 11.1 Å². The topological polar surface area (TPSA) is 80.9 Å². The molecular formula is C14H12O4. The van der Waals surface area contributed by atoms with Gasteiger partial charge >= 0.3 is 0 Å². The number of benzene rings is 2. The SMILES string of the molecule is Oc1cc(O)cc(/C=C/c2cc(O)ccc2O)c1. The molecule has 4 nitrogen and oxygen atoms in total. The Morgan fingerprint density at radius 1 is 0.667 bits per heavy atom. The Balaban J connectivity index is 2.32. The fourth-order valence-electron chi connectivity index (χ4n) is 1.58. The van der Waals surface area contributed by atoms with Crippen LogP contribution in [0.3, 0.4) is 0 Å². The molecule has 2 aromatic carbocycles. The van der Waals surface area contributed by atoms with Crippen LogP contribution < -0.4 is 0 Å². The lowest BCUT2D eigenvalue weighted by Gasteiger charge is -2.01. The molecule has 0 bridgehead atoms. The second-order valence-corrected chi connectivity index (χ2v) is 3.86. The predicted octanol–water partition coefficient (Wildman–Crippen LogP) is 2.68. The third kappa shape index (κ3) is 2.74. The van der Waals surface area contributed by atoms with Crippen LogP contribution in [0.5, 0.6) is 23.0 Å². The summed E-state index contributed by atoms with van der Waals surface area (Å²) in [6.07, 6.45) is 3.18. The highest BCUT2D eigenvalue weighted by Crippen LogP contribution is 2.26. The van der Waals surface area contributed by atoms with Gasteiger partial charge in [-0.2, -0.15) is 0 Å². The molecule has 0 fully saturated rings. The number of aromatic hydroxyl groups is 4. The Morgan fingerprint density at radius 3 is 2.00 bits per heavy atom. The largest absolute Gasteiger partial charge is 0.508 e. The maximum Gasteiger partial charge on any atom is 0.123 e. The van der Waals surface area contributed by atoms with Crippen LogP contribution in [0.1, 0.15) is 11.1 Å². The number of phenolic OH excluding ortho intramolecular Hbond substituents is 4. The summed E-state index contributed by atoms with van der Waals surface area (Å²) >= 11 is 0. The van der Waals surface area contributed by atoms with Gasteiger partial charge in [-0.05, 0) is 35.9 Å². The highest BCUT2D eigenvalue weighted by Gasteiger charge is 2.00. The van der Waals surface area contributed by atoms with Gasteiger partial charge in [-0.25, -0.2) is 0 Å². The van der Waals surface area contributed by atoms with E-state index in [9.17, 15) is 20.4 Å². The number of hydrogen-bond acceptors (Lipinski definition) is 4. The highest BCUT2D eigenvalue weighted by molar-refractivity contribution is 5.74. The van der Waals surface area contributed by atoms with Gasteiger partial charge in [-0.3, -0.25) is 0 Å². The van der Waals surface area contributed by atoms with E-state index in [1.807, 2.05) is 0 Å². The summed E-state index contributed by atoms with van der Waals surface area (Å²) in [4.78, 5) is 0. The van der Waals surface area contributed by atoms with E-state index in [4.69, 9.17) is 0 Å². The molecule has 0 saturated carbocycles. The van der Waals surface area contributed by atoms with E-state index < -0.39 is 0 Å². The van der Waals surface area contributed by atoms with Crippen LogP contribution in [0.2, 0.25) is 0 Å². The van der Waals surface area contributed by atoms with Crippen molar-refractivity contribution in [1.82, 2.24) is 0 Å².